The van der Waals surface area contributed by atoms with Crippen LogP contribution in [0.1, 0.15) is 35.2 Å². The van der Waals surface area contributed by atoms with Crippen molar-refractivity contribution in [2.24, 2.45) is 5.73 Å². The maximum Gasteiger partial charge on any atom is 0.119 e. The van der Waals surface area contributed by atoms with E-state index in [1.165, 1.54) is 16.7 Å². The molecule has 1 aliphatic carbocycles. The van der Waals surface area contributed by atoms with Crippen LogP contribution in [0.15, 0.2) is 48.5 Å². The van der Waals surface area contributed by atoms with Crippen molar-refractivity contribution >= 4 is 0 Å². The van der Waals surface area contributed by atoms with Gasteiger partial charge in [0.1, 0.15) is 5.75 Å². The predicted molar refractivity (Wildman–Crippen MR) is 85.2 cm³/mol. The van der Waals surface area contributed by atoms with Crippen molar-refractivity contribution in [1.29, 1.82) is 0 Å². The summed E-state index contributed by atoms with van der Waals surface area (Å²) in [5.74, 6) is 0.907. The number of nitrogens with two attached hydrogens (primary N) is 1. The maximum absolute atomic E-state index is 6.27. The third-order valence-electron chi connectivity index (χ3n) is 4.33. The third kappa shape index (κ3) is 2.80. The molecular formula is C18H22N2O. The summed E-state index contributed by atoms with van der Waals surface area (Å²) in [5.41, 5.74) is 10.2. The third-order valence-corrected chi connectivity index (χ3v) is 4.33. The van der Waals surface area contributed by atoms with E-state index in [1.54, 1.807) is 7.11 Å². The lowest BCUT2D eigenvalue weighted by atomic mass is 10.1. The molecule has 0 fully saturated rings. The molecule has 110 valence electrons. The van der Waals surface area contributed by atoms with Gasteiger partial charge in [0.05, 0.1) is 7.11 Å². The fourth-order valence-electron chi connectivity index (χ4n) is 3.23. The minimum absolute atomic E-state index is 0.152. The Labute approximate surface area is 126 Å². The largest absolute Gasteiger partial charge is 0.497 e. The molecule has 0 bridgehead atoms. The van der Waals surface area contributed by atoms with Gasteiger partial charge in [-0.15, -0.1) is 0 Å². The van der Waals surface area contributed by atoms with Crippen LogP contribution in [0.4, 0.5) is 0 Å². The second kappa shape index (κ2) is 5.88. The van der Waals surface area contributed by atoms with Gasteiger partial charge in [-0.2, -0.15) is 0 Å². The Morgan fingerprint density at radius 2 is 1.90 bits per heavy atom. The van der Waals surface area contributed by atoms with E-state index in [2.05, 4.69) is 48.3 Å². The summed E-state index contributed by atoms with van der Waals surface area (Å²) in [5, 5.41) is 0. The number of rotatable bonds is 4. The van der Waals surface area contributed by atoms with E-state index >= 15 is 0 Å². The van der Waals surface area contributed by atoms with Crippen LogP contribution in [-0.2, 0) is 6.54 Å². The molecule has 0 spiro atoms. The molecule has 0 saturated carbocycles. The van der Waals surface area contributed by atoms with Gasteiger partial charge in [-0.05, 0) is 42.3 Å². The van der Waals surface area contributed by atoms with E-state index in [1.807, 2.05) is 12.1 Å². The monoisotopic (exact) mass is 282 g/mol. The predicted octanol–water partition coefficient (Wildman–Crippen LogP) is 3.27. The molecule has 0 aliphatic heterocycles. The summed E-state index contributed by atoms with van der Waals surface area (Å²) >= 11 is 0. The molecule has 2 unspecified atom stereocenters. The van der Waals surface area contributed by atoms with Crippen molar-refractivity contribution in [3.05, 3.63) is 65.2 Å². The lowest BCUT2D eigenvalue weighted by Crippen LogP contribution is -2.23. The molecule has 21 heavy (non-hydrogen) atoms. The van der Waals surface area contributed by atoms with E-state index in [4.69, 9.17) is 10.5 Å². The minimum atomic E-state index is 0.152. The van der Waals surface area contributed by atoms with Crippen molar-refractivity contribution in [3.63, 3.8) is 0 Å². The summed E-state index contributed by atoms with van der Waals surface area (Å²) in [6, 6.07) is 17.3. The zero-order valence-electron chi connectivity index (χ0n) is 12.6. The Bertz CT molecular complexity index is 626. The average Bonchev–Trinajstić information content (AvgIpc) is 2.85. The van der Waals surface area contributed by atoms with Gasteiger partial charge in [0.25, 0.3) is 0 Å². The number of hydrogen-bond acceptors (Lipinski definition) is 3. The van der Waals surface area contributed by atoms with Gasteiger partial charge in [0.15, 0.2) is 0 Å². The fourth-order valence-corrected chi connectivity index (χ4v) is 3.23. The van der Waals surface area contributed by atoms with Crippen LogP contribution >= 0.6 is 0 Å². The van der Waals surface area contributed by atoms with Crippen LogP contribution in [0.3, 0.4) is 0 Å². The normalized spacial score (nSPS) is 20.6. The summed E-state index contributed by atoms with van der Waals surface area (Å²) in [6.45, 7) is 0.892. The summed E-state index contributed by atoms with van der Waals surface area (Å²) in [4.78, 5) is 2.38. The molecule has 2 N–H and O–H groups in total. The molecule has 0 saturated heterocycles. The zero-order chi connectivity index (χ0) is 14.8. The van der Waals surface area contributed by atoms with Crippen molar-refractivity contribution in [3.8, 4) is 5.75 Å². The second-order valence-electron chi connectivity index (χ2n) is 5.75. The smallest absolute Gasteiger partial charge is 0.119 e. The van der Waals surface area contributed by atoms with Crippen LogP contribution in [0.2, 0.25) is 0 Å². The molecule has 0 radical (unpaired) electrons. The van der Waals surface area contributed by atoms with Crippen molar-refractivity contribution in [2.75, 3.05) is 14.2 Å². The van der Waals surface area contributed by atoms with E-state index in [9.17, 15) is 0 Å². The molecule has 2 aromatic rings. The van der Waals surface area contributed by atoms with Gasteiger partial charge >= 0.3 is 0 Å². The molecule has 0 amide bonds. The zero-order valence-corrected chi connectivity index (χ0v) is 12.6. The highest BCUT2D eigenvalue weighted by Gasteiger charge is 2.30. The topological polar surface area (TPSA) is 38.5 Å². The van der Waals surface area contributed by atoms with E-state index in [0.29, 0.717) is 6.04 Å². The Balaban J connectivity index is 1.78. The number of nitrogens with zero attached hydrogens (tertiary/aromatic N) is 1. The standard InChI is InChI=1S/C18H22N2O/c1-20(12-13-6-5-7-14(10-13)21-2)18-11-17(19)15-8-3-4-9-16(15)18/h3-10,17-18H,11-12,19H2,1-2H3. The number of fused-ring (bicyclic) bond motifs is 1. The Kier molecular flexibility index (Phi) is 3.95. The van der Waals surface area contributed by atoms with Gasteiger partial charge in [-0.1, -0.05) is 36.4 Å². The van der Waals surface area contributed by atoms with Crippen LogP contribution in [-0.4, -0.2) is 19.1 Å². The van der Waals surface area contributed by atoms with Crippen molar-refractivity contribution < 1.29 is 4.74 Å². The van der Waals surface area contributed by atoms with Crippen LogP contribution in [0.5, 0.6) is 5.75 Å². The highest BCUT2D eigenvalue weighted by atomic mass is 16.5. The molecule has 3 rings (SSSR count). The second-order valence-corrected chi connectivity index (χ2v) is 5.75. The molecular weight excluding hydrogens is 260 g/mol. The Morgan fingerprint density at radius 1 is 1.14 bits per heavy atom. The molecule has 1 aliphatic rings. The first-order chi connectivity index (χ1) is 10.2. The molecule has 2 atom stereocenters. The fraction of sp³-hybridized carbons (Fsp3) is 0.333. The summed E-state index contributed by atoms with van der Waals surface area (Å²) in [7, 11) is 3.87. The maximum atomic E-state index is 6.27. The number of ether oxygens (including phenoxy) is 1. The quantitative estimate of drug-likeness (QED) is 0.935. The number of methoxy groups -OCH3 is 1. The summed E-state index contributed by atoms with van der Waals surface area (Å²) < 4.78 is 5.30. The molecule has 2 aromatic carbocycles. The summed E-state index contributed by atoms with van der Waals surface area (Å²) in [6.07, 6.45) is 0.986. The first kappa shape index (κ1) is 14.1. The van der Waals surface area contributed by atoms with Crippen LogP contribution in [0.25, 0.3) is 0 Å². The molecule has 0 aromatic heterocycles. The Morgan fingerprint density at radius 3 is 2.67 bits per heavy atom. The van der Waals surface area contributed by atoms with Crippen LogP contribution < -0.4 is 10.5 Å². The van der Waals surface area contributed by atoms with E-state index in [-0.39, 0.29) is 6.04 Å². The highest BCUT2D eigenvalue weighted by molar-refractivity contribution is 5.37. The van der Waals surface area contributed by atoms with Gasteiger partial charge < -0.3 is 10.5 Å². The lowest BCUT2D eigenvalue weighted by molar-refractivity contribution is 0.229. The van der Waals surface area contributed by atoms with Gasteiger partial charge in [0.2, 0.25) is 0 Å². The highest BCUT2D eigenvalue weighted by Crippen LogP contribution is 2.40. The van der Waals surface area contributed by atoms with Gasteiger partial charge in [-0.3, -0.25) is 4.90 Å². The number of benzene rings is 2. The minimum Gasteiger partial charge on any atom is -0.497 e. The molecule has 3 heteroatoms. The van der Waals surface area contributed by atoms with Gasteiger partial charge in [-0.25, -0.2) is 0 Å². The van der Waals surface area contributed by atoms with Crippen LogP contribution in [0, 0.1) is 0 Å². The first-order valence-corrected chi connectivity index (χ1v) is 7.36. The van der Waals surface area contributed by atoms with Crippen molar-refractivity contribution in [2.45, 2.75) is 25.0 Å². The lowest BCUT2D eigenvalue weighted by Gasteiger charge is -2.25. The van der Waals surface area contributed by atoms with E-state index < -0.39 is 0 Å². The SMILES string of the molecule is COc1cccc(CN(C)C2CC(N)c3ccccc32)c1. The number of hydrogen-bond donors (Lipinski definition) is 1. The Hall–Kier alpha value is -1.84. The molecule has 3 nitrogen and oxygen atoms in total. The first-order valence-electron chi connectivity index (χ1n) is 7.36. The van der Waals surface area contributed by atoms with Crippen molar-refractivity contribution in [1.82, 2.24) is 4.90 Å². The average molecular weight is 282 g/mol. The van der Waals surface area contributed by atoms with E-state index in [0.717, 1.165) is 18.7 Å². The molecule has 0 heterocycles. The van der Waals surface area contributed by atoms with Gasteiger partial charge in [0, 0.05) is 18.6 Å².